The first-order valence-corrected chi connectivity index (χ1v) is 16.3. The molecule has 1 nitrogen and oxygen atoms in total. The maximum atomic E-state index is 3.99. The van der Waals surface area contributed by atoms with Gasteiger partial charge in [0.25, 0.3) is 0 Å². The fourth-order valence-corrected chi connectivity index (χ4v) is 9.45. The van der Waals surface area contributed by atoms with Gasteiger partial charge in [-0.15, -0.1) is 11.3 Å². The Labute approximate surface area is 266 Å². The van der Waals surface area contributed by atoms with Gasteiger partial charge in [-0.2, -0.15) is 0 Å². The van der Waals surface area contributed by atoms with Gasteiger partial charge in [-0.25, -0.2) is 0 Å². The van der Waals surface area contributed by atoms with E-state index in [4.69, 9.17) is 0 Å². The largest absolute Gasteiger partial charge is 0.354 e. The molecule has 1 aromatic heterocycles. The Kier molecular flexibility index (Phi) is 5.14. The van der Waals surface area contributed by atoms with E-state index in [9.17, 15) is 0 Å². The molecule has 2 aliphatic carbocycles. The molecular weight excluding hydrogens is 563 g/mol. The molecule has 10 rings (SSSR count). The summed E-state index contributed by atoms with van der Waals surface area (Å²) >= 11 is 1.88. The number of thiophene rings is 1. The third-order valence-electron chi connectivity index (χ3n) is 9.90. The molecule has 0 radical (unpaired) electrons. The van der Waals surface area contributed by atoms with Crippen LogP contribution in [0.4, 0.5) is 11.4 Å². The van der Waals surface area contributed by atoms with Gasteiger partial charge in [0, 0.05) is 37.1 Å². The molecule has 0 aliphatic heterocycles. The first-order valence-electron chi connectivity index (χ1n) is 15.5. The van der Waals surface area contributed by atoms with Crippen LogP contribution in [0.1, 0.15) is 22.3 Å². The predicted octanol–water partition coefficient (Wildman–Crippen LogP) is 11.8. The minimum absolute atomic E-state index is 0.345. The molecule has 8 aromatic rings. The molecule has 0 saturated carbocycles. The highest BCUT2D eigenvalue weighted by Crippen LogP contribution is 2.64. The SMILES string of the molecule is c1ccc(-c2cccc3c2sc2cccc(Nc4cccc5c4-c4ccccc4C54c5ccccc5-c5ccccc54)c23)cc1. The smallest absolute Gasteiger partial charge is 0.0726 e. The van der Waals surface area contributed by atoms with Crippen molar-refractivity contribution in [2.45, 2.75) is 5.41 Å². The van der Waals surface area contributed by atoms with Crippen LogP contribution in [0.3, 0.4) is 0 Å². The average molecular weight is 590 g/mol. The summed E-state index contributed by atoms with van der Waals surface area (Å²) in [5.41, 5.74) is 15.2. The first kappa shape index (κ1) is 24.9. The van der Waals surface area contributed by atoms with E-state index in [-0.39, 0.29) is 5.41 Å². The molecule has 0 atom stereocenters. The van der Waals surface area contributed by atoms with E-state index in [0.717, 1.165) is 11.4 Å². The monoisotopic (exact) mass is 589 g/mol. The van der Waals surface area contributed by atoms with Gasteiger partial charge in [0.2, 0.25) is 0 Å². The Morgan fingerprint density at radius 2 is 0.978 bits per heavy atom. The van der Waals surface area contributed by atoms with Gasteiger partial charge in [0.1, 0.15) is 0 Å². The van der Waals surface area contributed by atoms with E-state index in [1.54, 1.807) is 0 Å². The van der Waals surface area contributed by atoms with Gasteiger partial charge in [0.15, 0.2) is 0 Å². The van der Waals surface area contributed by atoms with Crippen LogP contribution >= 0.6 is 11.3 Å². The highest BCUT2D eigenvalue weighted by molar-refractivity contribution is 7.26. The van der Waals surface area contributed by atoms with Crippen molar-refractivity contribution in [2.75, 3.05) is 5.32 Å². The van der Waals surface area contributed by atoms with Crippen LogP contribution in [0.25, 0.3) is 53.6 Å². The second-order valence-corrected chi connectivity index (χ2v) is 13.1. The average Bonchev–Trinajstić information content (AvgIpc) is 3.74. The Hall–Kier alpha value is -5.44. The summed E-state index contributed by atoms with van der Waals surface area (Å²) in [4.78, 5) is 0. The van der Waals surface area contributed by atoms with Crippen LogP contribution in [0.15, 0.2) is 158 Å². The van der Waals surface area contributed by atoms with Gasteiger partial charge in [-0.3, -0.25) is 0 Å². The fraction of sp³-hybridized carbons (Fsp3) is 0.0233. The van der Waals surface area contributed by atoms with Crippen molar-refractivity contribution in [1.29, 1.82) is 0 Å². The van der Waals surface area contributed by atoms with Crippen LogP contribution in [-0.2, 0) is 5.41 Å². The van der Waals surface area contributed by atoms with Crippen LogP contribution in [0, 0.1) is 0 Å². The van der Waals surface area contributed by atoms with Crippen molar-refractivity contribution < 1.29 is 0 Å². The molecule has 0 fully saturated rings. The maximum absolute atomic E-state index is 3.99. The molecule has 7 aromatic carbocycles. The summed E-state index contributed by atoms with van der Waals surface area (Å²) in [5.74, 6) is 0. The summed E-state index contributed by atoms with van der Waals surface area (Å²) in [6, 6.07) is 58.0. The zero-order valence-electron chi connectivity index (χ0n) is 24.4. The van der Waals surface area contributed by atoms with Crippen LogP contribution < -0.4 is 5.32 Å². The number of nitrogens with one attached hydrogen (secondary N) is 1. The zero-order chi connectivity index (χ0) is 29.5. The molecule has 0 bridgehead atoms. The lowest BCUT2D eigenvalue weighted by Gasteiger charge is -2.30. The summed E-state index contributed by atoms with van der Waals surface area (Å²) in [6.07, 6.45) is 0. The molecule has 0 amide bonds. The molecular formula is C43H27NS. The first-order chi connectivity index (χ1) is 22.3. The van der Waals surface area contributed by atoms with Crippen LogP contribution in [0.5, 0.6) is 0 Å². The number of benzene rings is 7. The topological polar surface area (TPSA) is 12.0 Å². The Balaban J connectivity index is 1.21. The maximum Gasteiger partial charge on any atom is 0.0726 e. The molecule has 2 aliphatic rings. The normalized spacial score (nSPS) is 13.5. The van der Waals surface area contributed by atoms with E-state index in [1.165, 1.54) is 75.8 Å². The van der Waals surface area contributed by atoms with E-state index < -0.39 is 0 Å². The quantitative estimate of drug-likeness (QED) is 0.216. The second-order valence-electron chi connectivity index (χ2n) is 12.1. The second kappa shape index (κ2) is 9.28. The van der Waals surface area contributed by atoms with Crippen molar-refractivity contribution in [2.24, 2.45) is 0 Å². The van der Waals surface area contributed by atoms with Crippen molar-refractivity contribution in [3.05, 3.63) is 180 Å². The number of hydrogen-bond donors (Lipinski definition) is 1. The van der Waals surface area contributed by atoms with E-state index in [0.29, 0.717) is 0 Å². The Morgan fingerprint density at radius 1 is 0.422 bits per heavy atom. The van der Waals surface area contributed by atoms with Crippen molar-refractivity contribution >= 4 is 42.9 Å². The summed E-state index contributed by atoms with van der Waals surface area (Å²) in [5, 5.41) is 6.56. The molecule has 0 unspecified atom stereocenters. The van der Waals surface area contributed by atoms with Gasteiger partial charge in [0.05, 0.1) is 5.41 Å². The predicted molar refractivity (Wildman–Crippen MR) is 191 cm³/mol. The van der Waals surface area contributed by atoms with E-state index in [2.05, 4.69) is 163 Å². The molecule has 1 heterocycles. The lowest BCUT2D eigenvalue weighted by molar-refractivity contribution is 0.794. The lowest BCUT2D eigenvalue weighted by atomic mass is 9.70. The summed E-state index contributed by atoms with van der Waals surface area (Å²) < 4.78 is 2.62. The van der Waals surface area contributed by atoms with E-state index in [1.807, 2.05) is 11.3 Å². The standard InChI is InChI=1S/C43H27NS/c1-2-13-27(14-3-1)28-18-10-19-32-41-38(25-12-26-39(41)45-42(28)32)44-37-24-11-23-36-40(37)31-17-6-9-22-35(31)43(36)33-20-7-4-15-29(33)30-16-5-8-21-34(30)43/h1-26,44H. The molecule has 45 heavy (non-hydrogen) atoms. The molecule has 0 saturated heterocycles. The Morgan fingerprint density at radius 3 is 1.73 bits per heavy atom. The molecule has 2 heteroatoms. The zero-order valence-corrected chi connectivity index (χ0v) is 25.2. The fourth-order valence-electron chi connectivity index (χ4n) is 8.19. The number of hydrogen-bond acceptors (Lipinski definition) is 2. The van der Waals surface area contributed by atoms with Crippen LogP contribution in [0.2, 0.25) is 0 Å². The van der Waals surface area contributed by atoms with Gasteiger partial charge in [-0.05, 0) is 68.3 Å². The molecule has 1 N–H and O–H groups in total. The number of fused-ring (bicyclic) bond motifs is 13. The van der Waals surface area contributed by atoms with Crippen molar-refractivity contribution in [1.82, 2.24) is 0 Å². The van der Waals surface area contributed by atoms with Crippen LogP contribution in [-0.4, -0.2) is 0 Å². The minimum atomic E-state index is -0.345. The lowest BCUT2D eigenvalue weighted by Crippen LogP contribution is -2.25. The third kappa shape index (κ3) is 3.27. The molecule has 1 spiro atoms. The molecule has 210 valence electrons. The summed E-state index contributed by atoms with van der Waals surface area (Å²) in [7, 11) is 0. The third-order valence-corrected chi connectivity index (χ3v) is 11.1. The van der Waals surface area contributed by atoms with Gasteiger partial charge < -0.3 is 5.32 Å². The highest BCUT2D eigenvalue weighted by Gasteiger charge is 2.51. The minimum Gasteiger partial charge on any atom is -0.354 e. The van der Waals surface area contributed by atoms with E-state index >= 15 is 0 Å². The van der Waals surface area contributed by atoms with Gasteiger partial charge >= 0.3 is 0 Å². The van der Waals surface area contributed by atoms with Crippen molar-refractivity contribution in [3.8, 4) is 33.4 Å². The van der Waals surface area contributed by atoms with Gasteiger partial charge in [-0.1, -0.05) is 140 Å². The number of rotatable bonds is 3. The Bertz CT molecular complexity index is 2420. The van der Waals surface area contributed by atoms with Crippen molar-refractivity contribution in [3.63, 3.8) is 0 Å². The summed E-state index contributed by atoms with van der Waals surface area (Å²) in [6.45, 7) is 0. The number of anilines is 2. The highest BCUT2D eigenvalue weighted by atomic mass is 32.1.